The Morgan fingerprint density at radius 3 is 2.63 bits per heavy atom. The fourth-order valence-electron chi connectivity index (χ4n) is 2.47. The molecule has 19 heavy (non-hydrogen) atoms. The van der Waals surface area contributed by atoms with Crippen molar-refractivity contribution in [1.82, 2.24) is 15.2 Å². The van der Waals surface area contributed by atoms with Gasteiger partial charge in [0.25, 0.3) is 0 Å². The van der Waals surface area contributed by atoms with E-state index >= 15 is 0 Å². The molecular weight excluding hydrogens is 236 g/mol. The van der Waals surface area contributed by atoms with Crippen LogP contribution in [0.5, 0.6) is 0 Å². The maximum Gasteiger partial charge on any atom is 0.0599 e. The Labute approximate surface area is 116 Å². The van der Waals surface area contributed by atoms with Gasteiger partial charge in [0, 0.05) is 45.0 Å². The van der Waals surface area contributed by atoms with Gasteiger partial charge in [-0.2, -0.15) is 0 Å². The summed E-state index contributed by atoms with van der Waals surface area (Å²) < 4.78 is 0. The van der Waals surface area contributed by atoms with Crippen molar-refractivity contribution in [3.05, 3.63) is 24.0 Å². The smallest absolute Gasteiger partial charge is 0.0599 e. The zero-order chi connectivity index (χ0) is 13.7. The van der Waals surface area contributed by atoms with Crippen LogP contribution in [0.3, 0.4) is 0 Å². The number of anilines is 1. The Kier molecular flexibility index (Phi) is 5.16. The monoisotopic (exact) mass is 262 g/mol. The largest absolute Gasteiger partial charge is 0.367 e. The minimum atomic E-state index is 0.512. The summed E-state index contributed by atoms with van der Waals surface area (Å²) >= 11 is 0. The molecule has 0 spiro atoms. The predicted octanol–water partition coefficient (Wildman–Crippen LogP) is 1.72. The van der Waals surface area contributed by atoms with Crippen molar-refractivity contribution in [2.75, 3.05) is 37.6 Å². The molecule has 2 rings (SSSR count). The van der Waals surface area contributed by atoms with Crippen molar-refractivity contribution in [3.63, 3.8) is 0 Å². The highest BCUT2D eigenvalue weighted by molar-refractivity contribution is 5.52. The number of pyridine rings is 1. The van der Waals surface area contributed by atoms with Gasteiger partial charge in [0.05, 0.1) is 11.9 Å². The van der Waals surface area contributed by atoms with Gasteiger partial charge in [0.1, 0.15) is 0 Å². The van der Waals surface area contributed by atoms with Gasteiger partial charge in [0.2, 0.25) is 0 Å². The first-order valence-corrected chi connectivity index (χ1v) is 7.34. The Balaban J connectivity index is 2.03. The van der Waals surface area contributed by atoms with Crippen molar-refractivity contribution in [2.24, 2.45) is 0 Å². The molecule has 2 heterocycles. The van der Waals surface area contributed by atoms with Gasteiger partial charge in [-0.1, -0.05) is 20.8 Å². The zero-order valence-electron chi connectivity index (χ0n) is 12.4. The van der Waals surface area contributed by atoms with E-state index in [-0.39, 0.29) is 0 Å². The third-order valence-electron chi connectivity index (χ3n) is 3.75. The molecule has 0 bridgehead atoms. The zero-order valence-corrected chi connectivity index (χ0v) is 12.4. The van der Waals surface area contributed by atoms with E-state index in [2.05, 4.69) is 46.9 Å². The summed E-state index contributed by atoms with van der Waals surface area (Å²) in [5.41, 5.74) is 2.65. The maximum atomic E-state index is 4.30. The highest BCUT2D eigenvalue weighted by atomic mass is 15.3. The van der Waals surface area contributed by atoms with Crippen molar-refractivity contribution >= 4 is 5.69 Å². The fraction of sp³-hybridized carbons (Fsp3) is 0.667. The van der Waals surface area contributed by atoms with Crippen LogP contribution in [0, 0.1) is 0 Å². The van der Waals surface area contributed by atoms with Crippen LogP contribution in [0.4, 0.5) is 5.69 Å². The molecule has 1 aliphatic heterocycles. The molecule has 1 fully saturated rings. The first-order chi connectivity index (χ1) is 9.20. The summed E-state index contributed by atoms with van der Waals surface area (Å²) in [5.74, 6) is 0. The highest BCUT2D eigenvalue weighted by Gasteiger charge is 2.18. The number of hydrogen-bond acceptors (Lipinski definition) is 4. The lowest BCUT2D eigenvalue weighted by Gasteiger charge is -2.36. The van der Waals surface area contributed by atoms with Crippen LogP contribution in [0.1, 0.15) is 26.3 Å². The lowest BCUT2D eigenvalue weighted by Crippen LogP contribution is -2.46. The molecular formula is C15H26N4. The quantitative estimate of drug-likeness (QED) is 0.875. The molecule has 106 valence electrons. The van der Waals surface area contributed by atoms with E-state index in [1.807, 2.05) is 12.4 Å². The Morgan fingerprint density at radius 1 is 1.26 bits per heavy atom. The van der Waals surface area contributed by atoms with Gasteiger partial charge in [-0.25, -0.2) is 0 Å². The van der Waals surface area contributed by atoms with E-state index in [1.54, 1.807) is 0 Å². The lowest BCUT2D eigenvalue weighted by atomic mass is 10.1. The van der Waals surface area contributed by atoms with Gasteiger partial charge in [0.15, 0.2) is 0 Å². The minimum Gasteiger partial charge on any atom is -0.367 e. The predicted molar refractivity (Wildman–Crippen MR) is 80.5 cm³/mol. The van der Waals surface area contributed by atoms with Gasteiger partial charge in [-0.05, 0) is 18.2 Å². The molecule has 1 N–H and O–H groups in total. The molecule has 4 heteroatoms. The van der Waals surface area contributed by atoms with Gasteiger partial charge >= 0.3 is 0 Å². The number of aromatic nitrogens is 1. The van der Waals surface area contributed by atoms with E-state index < -0.39 is 0 Å². The van der Waals surface area contributed by atoms with E-state index in [0.29, 0.717) is 6.04 Å². The molecule has 1 aliphatic rings. The van der Waals surface area contributed by atoms with Crippen LogP contribution < -0.4 is 10.2 Å². The minimum absolute atomic E-state index is 0.512. The third kappa shape index (κ3) is 3.91. The number of nitrogens with one attached hydrogen (secondary N) is 1. The van der Waals surface area contributed by atoms with Crippen LogP contribution in [0.2, 0.25) is 0 Å². The molecule has 1 aromatic rings. The van der Waals surface area contributed by atoms with E-state index in [1.165, 1.54) is 11.3 Å². The number of nitrogens with zero attached hydrogens (tertiary/aromatic N) is 3. The average molecular weight is 262 g/mol. The highest BCUT2D eigenvalue weighted by Crippen LogP contribution is 2.20. The molecule has 0 saturated carbocycles. The number of hydrogen-bond donors (Lipinski definition) is 1. The number of rotatable bonds is 5. The van der Waals surface area contributed by atoms with Gasteiger partial charge in [-0.15, -0.1) is 0 Å². The molecule has 0 unspecified atom stereocenters. The Hall–Kier alpha value is -1.13. The summed E-state index contributed by atoms with van der Waals surface area (Å²) in [5, 5.41) is 3.50. The van der Waals surface area contributed by atoms with Gasteiger partial charge < -0.3 is 15.1 Å². The summed E-state index contributed by atoms with van der Waals surface area (Å²) in [7, 11) is 0. The van der Waals surface area contributed by atoms with Crippen molar-refractivity contribution in [3.8, 4) is 0 Å². The van der Waals surface area contributed by atoms with Crippen LogP contribution in [-0.4, -0.2) is 48.6 Å². The first-order valence-electron chi connectivity index (χ1n) is 7.34. The lowest BCUT2D eigenvalue weighted by molar-refractivity contribution is 0.271. The molecule has 1 saturated heterocycles. The average Bonchev–Trinajstić information content (AvgIpc) is 2.45. The van der Waals surface area contributed by atoms with Crippen LogP contribution in [-0.2, 0) is 6.54 Å². The second kappa shape index (κ2) is 6.87. The summed E-state index contributed by atoms with van der Waals surface area (Å²) in [6.45, 7) is 13.2. The summed E-state index contributed by atoms with van der Waals surface area (Å²) in [6.07, 6.45) is 3.90. The SMILES string of the molecule is CCN1CCN(c2cnccc2CNC(C)C)CC1. The van der Waals surface area contributed by atoms with Crippen LogP contribution in [0.15, 0.2) is 18.5 Å². The second-order valence-corrected chi connectivity index (χ2v) is 5.46. The molecule has 0 aliphatic carbocycles. The molecule has 1 aromatic heterocycles. The normalized spacial score (nSPS) is 17.2. The summed E-state index contributed by atoms with van der Waals surface area (Å²) in [6, 6.07) is 2.65. The number of likely N-dealkylation sites (N-methyl/N-ethyl adjacent to an activating group) is 1. The summed E-state index contributed by atoms with van der Waals surface area (Å²) in [4.78, 5) is 9.27. The van der Waals surface area contributed by atoms with E-state index in [9.17, 15) is 0 Å². The second-order valence-electron chi connectivity index (χ2n) is 5.46. The maximum absolute atomic E-state index is 4.30. The van der Waals surface area contributed by atoms with Crippen molar-refractivity contribution < 1.29 is 0 Å². The first kappa shape index (κ1) is 14.3. The van der Waals surface area contributed by atoms with Crippen molar-refractivity contribution in [2.45, 2.75) is 33.4 Å². The third-order valence-corrected chi connectivity index (χ3v) is 3.75. The molecule has 0 radical (unpaired) electrons. The van der Waals surface area contributed by atoms with E-state index in [0.717, 1.165) is 39.3 Å². The Morgan fingerprint density at radius 2 is 2.00 bits per heavy atom. The van der Waals surface area contributed by atoms with Gasteiger partial charge in [-0.3, -0.25) is 4.98 Å². The van der Waals surface area contributed by atoms with Crippen molar-refractivity contribution in [1.29, 1.82) is 0 Å². The van der Waals surface area contributed by atoms with Crippen LogP contribution in [0.25, 0.3) is 0 Å². The fourth-order valence-corrected chi connectivity index (χ4v) is 2.47. The molecule has 0 amide bonds. The Bertz CT molecular complexity index is 383. The standard InChI is InChI=1S/C15H26N4/c1-4-18-7-9-19(10-8-18)15-12-16-6-5-14(15)11-17-13(2)3/h5-6,12-13,17H,4,7-11H2,1-3H3. The number of piperazine rings is 1. The van der Waals surface area contributed by atoms with E-state index in [4.69, 9.17) is 0 Å². The molecule has 0 atom stereocenters. The molecule has 4 nitrogen and oxygen atoms in total. The van der Waals surface area contributed by atoms with Crippen LogP contribution >= 0.6 is 0 Å². The molecule has 0 aromatic carbocycles. The topological polar surface area (TPSA) is 31.4 Å².